The number of hydrogen-bond donors (Lipinski definition) is 2. The lowest BCUT2D eigenvalue weighted by molar-refractivity contribution is -0.117. The normalized spacial score (nSPS) is 17.5. The quantitative estimate of drug-likeness (QED) is 0.636. The number of rotatable bonds is 7. The zero-order valence-electron chi connectivity index (χ0n) is 17.6. The SMILES string of the molecule is NC(=O)c1c(NC(=O)CN2CCN(S(=O)(=O)C=Cc3ccccc3)CC2)sc2c1CCC2. The zero-order valence-corrected chi connectivity index (χ0v) is 19.3. The van der Waals surface area contributed by atoms with E-state index in [4.69, 9.17) is 5.73 Å². The number of nitrogens with two attached hydrogens (primary N) is 1. The maximum Gasteiger partial charge on any atom is 0.251 e. The minimum atomic E-state index is -3.52. The fourth-order valence-corrected chi connectivity index (χ4v) is 6.56. The maximum absolute atomic E-state index is 12.6. The van der Waals surface area contributed by atoms with E-state index in [-0.39, 0.29) is 12.5 Å². The molecular weight excluding hydrogens is 448 g/mol. The van der Waals surface area contributed by atoms with Crippen molar-refractivity contribution in [2.75, 3.05) is 38.0 Å². The first-order valence-electron chi connectivity index (χ1n) is 10.5. The van der Waals surface area contributed by atoms with Gasteiger partial charge >= 0.3 is 0 Å². The summed E-state index contributed by atoms with van der Waals surface area (Å²) in [5, 5.41) is 4.60. The first kappa shape index (κ1) is 22.7. The third-order valence-electron chi connectivity index (χ3n) is 5.71. The average Bonchev–Trinajstić information content (AvgIpc) is 3.34. The second kappa shape index (κ2) is 9.53. The van der Waals surface area contributed by atoms with Crippen LogP contribution in [0.2, 0.25) is 0 Å². The Labute approximate surface area is 191 Å². The summed E-state index contributed by atoms with van der Waals surface area (Å²) < 4.78 is 26.6. The topological polar surface area (TPSA) is 113 Å². The molecule has 0 atom stereocenters. The zero-order chi connectivity index (χ0) is 22.7. The number of sulfonamides is 1. The molecule has 1 aliphatic heterocycles. The molecule has 1 saturated heterocycles. The van der Waals surface area contributed by atoms with E-state index in [1.165, 1.54) is 21.1 Å². The minimum absolute atomic E-state index is 0.133. The van der Waals surface area contributed by atoms with Crippen molar-refractivity contribution in [3.05, 3.63) is 57.3 Å². The summed E-state index contributed by atoms with van der Waals surface area (Å²) in [5.41, 5.74) is 7.78. The van der Waals surface area contributed by atoms with Gasteiger partial charge in [-0.25, -0.2) is 8.42 Å². The number of primary amides is 1. The average molecular weight is 475 g/mol. The fourth-order valence-electron chi connectivity index (χ4n) is 4.08. The Balaban J connectivity index is 1.31. The maximum atomic E-state index is 12.6. The summed E-state index contributed by atoms with van der Waals surface area (Å²) >= 11 is 1.43. The highest BCUT2D eigenvalue weighted by Crippen LogP contribution is 2.38. The van der Waals surface area contributed by atoms with E-state index >= 15 is 0 Å². The lowest BCUT2D eigenvalue weighted by Gasteiger charge is -2.32. The molecular formula is C22H26N4O4S2. The van der Waals surface area contributed by atoms with Crippen molar-refractivity contribution in [2.45, 2.75) is 19.3 Å². The van der Waals surface area contributed by atoms with Crippen molar-refractivity contribution in [1.82, 2.24) is 9.21 Å². The Bertz CT molecular complexity index is 1130. The molecule has 0 spiro atoms. The van der Waals surface area contributed by atoms with Crippen LogP contribution in [0.25, 0.3) is 6.08 Å². The number of piperazine rings is 1. The first-order valence-corrected chi connectivity index (χ1v) is 12.9. The van der Waals surface area contributed by atoms with Crippen LogP contribution < -0.4 is 11.1 Å². The number of carbonyl (C=O) groups excluding carboxylic acids is 2. The van der Waals surface area contributed by atoms with E-state index in [9.17, 15) is 18.0 Å². The van der Waals surface area contributed by atoms with Gasteiger partial charge in [-0.15, -0.1) is 11.3 Å². The molecule has 1 fully saturated rings. The third kappa shape index (κ3) is 5.09. The summed E-state index contributed by atoms with van der Waals surface area (Å²) in [7, 11) is -3.52. The standard InChI is InChI=1S/C22H26N4O4S2/c23-21(28)20-17-7-4-8-18(17)31-22(20)24-19(27)15-25-10-12-26(13-11-25)32(29,30)14-9-16-5-2-1-3-6-16/h1-3,5-6,9,14H,4,7-8,10-13,15H2,(H2,23,28)(H,24,27). The highest BCUT2D eigenvalue weighted by Gasteiger charge is 2.28. The van der Waals surface area contributed by atoms with Gasteiger partial charge in [-0.2, -0.15) is 4.31 Å². The number of fused-ring (bicyclic) bond motifs is 1. The van der Waals surface area contributed by atoms with E-state index in [0.29, 0.717) is 36.7 Å². The van der Waals surface area contributed by atoms with Crippen LogP contribution in [-0.4, -0.2) is 62.2 Å². The molecule has 1 aliphatic carbocycles. The van der Waals surface area contributed by atoms with Gasteiger partial charge in [-0.05, 0) is 36.5 Å². The number of aryl methyl sites for hydroxylation is 1. The molecule has 1 aromatic heterocycles. The molecule has 0 radical (unpaired) electrons. The van der Waals surface area contributed by atoms with Gasteiger partial charge in [0.2, 0.25) is 15.9 Å². The van der Waals surface area contributed by atoms with Gasteiger partial charge in [0.25, 0.3) is 5.91 Å². The molecule has 10 heteroatoms. The lowest BCUT2D eigenvalue weighted by Crippen LogP contribution is -2.49. The van der Waals surface area contributed by atoms with Crippen LogP contribution in [0.4, 0.5) is 5.00 Å². The largest absolute Gasteiger partial charge is 0.365 e. The summed E-state index contributed by atoms with van der Waals surface area (Å²) in [5.74, 6) is -0.741. The van der Waals surface area contributed by atoms with Crippen LogP contribution >= 0.6 is 11.3 Å². The van der Waals surface area contributed by atoms with Crippen molar-refractivity contribution in [3.8, 4) is 0 Å². The smallest absolute Gasteiger partial charge is 0.251 e. The number of carbonyl (C=O) groups is 2. The number of thiophene rings is 1. The minimum Gasteiger partial charge on any atom is -0.365 e. The van der Waals surface area contributed by atoms with Gasteiger partial charge in [0.1, 0.15) is 5.00 Å². The van der Waals surface area contributed by atoms with Crippen LogP contribution in [0.3, 0.4) is 0 Å². The number of benzene rings is 1. The van der Waals surface area contributed by atoms with E-state index in [0.717, 1.165) is 35.3 Å². The molecule has 4 rings (SSSR count). The highest BCUT2D eigenvalue weighted by atomic mass is 32.2. The summed E-state index contributed by atoms with van der Waals surface area (Å²) in [6, 6.07) is 9.27. The second-order valence-electron chi connectivity index (χ2n) is 7.91. The van der Waals surface area contributed by atoms with Crippen LogP contribution in [0.5, 0.6) is 0 Å². The van der Waals surface area contributed by atoms with E-state index in [2.05, 4.69) is 5.32 Å². The molecule has 0 unspecified atom stereocenters. The van der Waals surface area contributed by atoms with Gasteiger partial charge in [0, 0.05) is 36.5 Å². The van der Waals surface area contributed by atoms with Crippen LogP contribution in [-0.2, 0) is 27.7 Å². The molecule has 8 nitrogen and oxygen atoms in total. The Hall–Kier alpha value is -2.53. The van der Waals surface area contributed by atoms with Crippen molar-refractivity contribution in [1.29, 1.82) is 0 Å². The summed E-state index contributed by atoms with van der Waals surface area (Å²) in [4.78, 5) is 27.5. The Kier molecular flexibility index (Phi) is 6.75. The van der Waals surface area contributed by atoms with Gasteiger partial charge in [-0.1, -0.05) is 30.3 Å². The van der Waals surface area contributed by atoms with Gasteiger partial charge in [0.15, 0.2) is 0 Å². The molecule has 0 saturated carbocycles. The molecule has 1 aromatic carbocycles. The molecule has 2 heterocycles. The van der Waals surface area contributed by atoms with E-state index in [1.807, 2.05) is 35.2 Å². The van der Waals surface area contributed by atoms with Gasteiger partial charge in [0.05, 0.1) is 12.1 Å². The summed E-state index contributed by atoms with van der Waals surface area (Å²) in [6.45, 7) is 1.67. The molecule has 2 aliphatic rings. The number of nitrogens with zero attached hydrogens (tertiary/aromatic N) is 2. The number of hydrogen-bond acceptors (Lipinski definition) is 6. The second-order valence-corrected chi connectivity index (χ2v) is 10.8. The Morgan fingerprint density at radius 2 is 1.81 bits per heavy atom. The molecule has 2 amide bonds. The van der Waals surface area contributed by atoms with E-state index < -0.39 is 15.9 Å². The van der Waals surface area contributed by atoms with Gasteiger partial charge < -0.3 is 11.1 Å². The van der Waals surface area contributed by atoms with Gasteiger partial charge in [-0.3, -0.25) is 14.5 Å². The molecule has 32 heavy (non-hydrogen) atoms. The highest BCUT2D eigenvalue weighted by molar-refractivity contribution is 7.92. The Morgan fingerprint density at radius 3 is 2.50 bits per heavy atom. The van der Waals surface area contributed by atoms with Crippen LogP contribution in [0.15, 0.2) is 35.7 Å². The molecule has 0 bridgehead atoms. The third-order valence-corrected chi connectivity index (χ3v) is 8.48. The lowest BCUT2D eigenvalue weighted by atomic mass is 10.1. The molecule has 2 aromatic rings. The first-order chi connectivity index (χ1) is 15.3. The summed E-state index contributed by atoms with van der Waals surface area (Å²) in [6.07, 6.45) is 4.31. The number of amides is 2. The fraction of sp³-hybridized carbons (Fsp3) is 0.364. The Morgan fingerprint density at radius 1 is 1.09 bits per heavy atom. The predicted octanol–water partition coefficient (Wildman–Crippen LogP) is 1.89. The predicted molar refractivity (Wildman–Crippen MR) is 126 cm³/mol. The molecule has 170 valence electrons. The number of anilines is 1. The number of nitrogens with one attached hydrogen (secondary N) is 1. The van der Waals surface area contributed by atoms with E-state index in [1.54, 1.807) is 6.08 Å². The monoisotopic (exact) mass is 474 g/mol. The van der Waals surface area contributed by atoms with Crippen molar-refractivity contribution < 1.29 is 18.0 Å². The van der Waals surface area contributed by atoms with Crippen LogP contribution in [0.1, 0.15) is 32.8 Å². The van der Waals surface area contributed by atoms with Crippen LogP contribution in [0, 0.1) is 0 Å². The van der Waals surface area contributed by atoms with Crippen molar-refractivity contribution >= 4 is 44.3 Å². The molecule has 3 N–H and O–H groups in total. The van der Waals surface area contributed by atoms with Crippen molar-refractivity contribution in [2.24, 2.45) is 5.73 Å². The van der Waals surface area contributed by atoms with Crippen molar-refractivity contribution in [3.63, 3.8) is 0 Å².